The maximum atomic E-state index is 14.5. The van der Waals surface area contributed by atoms with Gasteiger partial charge in [-0.3, -0.25) is 0 Å². The molecule has 0 unspecified atom stereocenters. The Kier molecular flexibility index (Phi) is 6.32. The van der Waals surface area contributed by atoms with Gasteiger partial charge in [0, 0.05) is 24.7 Å². The first-order chi connectivity index (χ1) is 16.2. The Labute approximate surface area is 195 Å². The van der Waals surface area contributed by atoms with E-state index in [9.17, 15) is 18.7 Å². The number of hydrogen-bond donors (Lipinski definition) is 2. The van der Waals surface area contributed by atoms with Gasteiger partial charge in [0.1, 0.15) is 22.5 Å². The third-order valence-corrected chi connectivity index (χ3v) is 6.57. The van der Waals surface area contributed by atoms with Crippen LogP contribution in [0.3, 0.4) is 0 Å². The average molecular weight is 484 g/mol. The van der Waals surface area contributed by atoms with Crippen LogP contribution in [-0.2, 0) is 16.5 Å². The largest absolute Gasteiger partial charge is 0.477 e. The van der Waals surface area contributed by atoms with Crippen LogP contribution in [0.15, 0.2) is 45.9 Å². The normalized spacial score (nSPS) is 14.5. The number of rotatable bonds is 4. The smallest absolute Gasteiger partial charge is 0.354 e. The van der Waals surface area contributed by atoms with Crippen molar-refractivity contribution < 1.29 is 18.1 Å². The summed E-state index contributed by atoms with van der Waals surface area (Å²) in [4.78, 5) is 16.9. The third kappa shape index (κ3) is 4.61. The Morgan fingerprint density at radius 2 is 2.21 bits per heavy atom. The molecule has 12 heteroatoms. The lowest BCUT2D eigenvalue weighted by Crippen LogP contribution is -2.21. The van der Waals surface area contributed by atoms with Crippen LogP contribution in [0.4, 0.5) is 14.9 Å². The number of ether oxygens (including phenoxy) is 1. The molecule has 0 radical (unpaired) electrons. The first kappa shape index (κ1) is 23.3. The summed E-state index contributed by atoms with van der Waals surface area (Å²) in [7, 11) is -3.68. The lowest BCUT2D eigenvalue weighted by atomic mass is 9.94. The zero-order valence-electron chi connectivity index (χ0n) is 18.5. The predicted octanol–water partition coefficient (Wildman–Crippen LogP) is 3.79. The van der Waals surface area contributed by atoms with Gasteiger partial charge in [0.15, 0.2) is 9.92 Å². The van der Waals surface area contributed by atoms with Crippen LogP contribution >= 0.6 is 0 Å². The lowest BCUT2D eigenvalue weighted by molar-refractivity contribution is 0.224. The molecular formula is C22H22FN7O3S. The molecule has 0 bridgehead atoms. The Hall–Kier alpha value is -3.82. The highest BCUT2D eigenvalue weighted by atomic mass is 32.2. The fourth-order valence-corrected chi connectivity index (χ4v) is 4.66. The van der Waals surface area contributed by atoms with Gasteiger partial charge in [-0.1, -0.05) is 13.8 Å². The van der Waals surface area contributed by atoms with Gasteiger partial charge in [-0.25, -0.2) is 28.2 Å². The zero-order chi connectivity index (χ0) is 24.5. The number of halogens is 1. The van der Waals surface area contributed by atoms with Crippen LogP contribution in [0.5, 0.6) is 5.88 Å². The van der Waals surface area contributed by atoms with Gasteiger partial charge in [-0.15, -0.1) is 4.36 Å². The summed E-state index contributed by atoms with van der Waals surface area (Å²) < 4.78 is 38.4. The summed E-state index contributed by atoms with van der Waals surface area (Å²) >= 11 is 0. The van der Waals surface area contributed by atoms with Crippen molar-refractivity contribution in [3.63, 3.8) is 0 Å². The number of urea groups is 1. The Morgan fingerprint density at radius 3 is 2.94 bits per heavy atom. The molecule has 1 aliphatic rings. The predicted molar refractivity (Wildman–Crippen MR) is 123 cm³/mol. The van der Waals surface area contributed by atoms with Crippen LogP contribution in [0.2, 0.25) is 0 Å². The summed E-state index contributed by atoms with van der Waals surface area (Å²) in [5.74, 6) is -0.475. The summed E-state index contributed by atoms with van der Waals surface area (Å²) in [6, 6.07) is 6.57. The minimum Gasteiger partial charge on any atom is -0.477 e. The van der Waals surface area contributed by atoms with Crippen molar-refractivity contribution in [2.75, 3.05) is 11.9 Å². The molecule has 10 nitrogen and oxygen atoms in total. The number of nitrogens with one attached hydrogen (secondary N) is 1. The molecule has 0 aliphatic carbocycles. The maximum absolute atomic E-state index is 14.5. The Morgan fingerprint density at radius 1 is 1.41 bits per heavy atom. The quantitative estimate of drug-likeness (QED) is 0.577. The van der Waals surface area contributed by atoms with E-state index in [0.717, 1.165) is 6.42 Å². The summed E-state index contributed by atoms with van der Waals surface area (Å²) in [6.45, 7) is 4.65. The van der Waals surface area contributed by atoms with Gasteiger partial charge in [-0.2, -0.15) is 10.4 Å². The lowest BCUT2D eigenvalue weighted by Gasteiger charge is -2.18. The molecule has 3 aromatic rings. The van der Waals surface area contributed by atoms with E-state index in [0.29, 0.717) is 29.8 Å². The summed E-state index contributed by atoms with van der Waals surface area (Å²) in [6.07, 6.45) is 3.44. The molecular weight excluding hydrogens is 461 g/mol. The number of aromatic nitrogens is 3. The molecule has 0 fully saturated rings. The monoisotopic (exact) mass is 483 g/mol. The van der Waals surface area contributed by atoms with Crippen molar-refractivity contribution in [1.82, 2.24) is 14.8 Å². The highest BCUT2D eigenvalue weighted by Gasteiger charge is 2.25. The van der Waals surface area contributed by atoms with Crippen molar-refractivity contribution in [1.29, 1.82) is 5.26 Å². The molecule has 1 aromatic carbocycles. The number of hydrogen-bond acceptors (Lipinski definition) is 6. The number of pyridine rings is 1. The fraction of sp³-hybridized carbons (Fsp3) is 0.273. The van der Waals surface area contributed by atoms with Crippen molar-refractivity contribution in [2.24, 2.45) is 9.50 Å². The molecule has 4 rings (SSSR count). The Balaban J connectivity index is 1.77. The van der Waals surface area contributed by atoms with Crippen LogP contribution in [0.25, 0.3) is 11.1 Å². The van der Waals surface area contributed by atoms with E-state index in [4.69, 9.17) is 9.88 Å². The summed E-state index contributed by atoms with van der Waals surface area (Å²) in [5.41, 5.74) is 1.68. The molecule has 176 valence electrons. The van der Waals surface area contributed by atoms with Crippen LogP contribution in [0, 0.1) is 17.1 Å². The van der Waals surface area contributed by atoms with Crippen molar-refractivity contribution in [2.45, 2.75) is 37.6 Å². The topological polar surface area (TPSA) is 148 Å². The molecule has 0 saturated carbocycles. The highest BCUT2D eigenvalue weighted by molar-refractivity contribution is 7.91. The second kappa shape index (κ2) is 9.20. The molecule has 3 N–H and O–H groups in total. The van der Waals surface area contributed by atoms with Gasteiger partial charge in [0.05, 0.1) is 18.5 Å². The standard InChI is InChI=1S/C22H22FN7O3S/c1-13(2)17-9-15(23)10-18(14-4-5-26-16(8-14)11-24)20(17)28-22(31)29-34(25,32)19-12-27-30-6-3-7-33-21(19)30/h4-5,8-10,12-13H,3,6-7H2,1-2H3,(H3,25,28,29,31,32)/t34-/m0/s1. The van der Waals surface area contributed by atoms with E-state index in [-0.39, 0.29) is 28.1 Å². The van der Waals surface area contributed by atoms with E-state index < -0.39 is 21.8 Å². The number of benzene rings is 1. The molecule has 1 atom stereocenters. The van der Waals surface area contributed by atoms with E-state index in [2.05, 4.69) is 19.8 Å². The number of carbonyl (C=O) groups is 1. The van der Waals surface area contributed by atoms with Crippen molar-refractivity contribution in [3.8, 4) is 23.1 Å². The third-order valence-electron chi connectivity index (χ3n) is 5.22. The number of amides is 2. The zero-order valence-corrected chi connectivity index (χ0v) is 19.3. The number of anilines is 1. The van der Waals surface area contributed by atoms with Crippen LogP contribution in [-0.4, -0.2) is 31.6 Å². The first-order valence-corrected chi connectivity index (χ1v) is 12.0. The number of nitriles is 1. The highest BCUT2D eigenvalue weighted by Crippen LogP contribution is 2.36. The van der Waals surface area contributed by atoms with Crippen molar-refractivity contribution in [3.05, 3.63) is 53.7 Å². The van der Waals surface area contributed by atoms with Crippen LogP contribution in [0.1, 0.15) is 37.4 Å². The van der Waals surface area contributed by atoms with Gasteiger partial charge in [0.25, 0.3) is 0 Å². The number of nitrogens with two attached hydrogens (primary N) is 1. The number of carbonyl (C=O) groups excluding carboxylic acids is 1. The average Bonchev–Trinajstić information content (AvgIpc) is 3.24. The minimum atomic E-state index is -3.68. The second-order valence-corrected chi connectivity index (χ2v) is 9.70. The van der Waals surface area contributed by atoms with Gasteiger partial charge in [-0.05, 0) is 41.3 Å². The van der Waals surface area contributed by atoms with Gasteiger partial charge >= 0.3 is 6.03 Å². The van der Waals surface area contributed by atoms with E-state index in [1.54, 1.807) is 6.07 Å². The minimum absolute atomic E-state index is 0.0264. The summed E-state index contributed by atoms with van der Waals surface area (Å²) in [5, 5.41) is 21.8. The molecule has 2 amide bonds. The van der Waals surface area contributed by atoms with E-state index in [1.807, 2.05) is 19.9 Å². The molecule has 34 heavy (non-hydrogen) atoms. The molecule has 0 saturated heterocycles. The van der Waals surface area contributed by atoms with E-state index in [1.165, 1.54) is 35.3 Å². The molecule has 2 aromatic heterocycles. The first-order valence-electron chi connectivity index (χ1n) is 10.4. The second-order valence-electron chi connectivity index (χ2n) is 7.94. The van der Waals surface area contributed by atoms with Crippen molar-refractivity contribution >= 4 is 21.6 Å². The van der Waals surface area contributed by atoms with Gasteiger partial charge in [0.2, 0.25) is 5.88 Å². The molecule has 3 heterocycles. The Bertz CT molecular complexity index is 1430. The number of aryl methyl sites for hydroxylation is 1. The molecule has 0 spiro atoms. The fourth-order valence-electron chi connectivity index (χ4n) is 3.66. The number of nitrogens with zero attached hydrogens (tertiary/aromatic N) is 5. The maximum Gasteiger partial charge on any atom is 0.354 e. The van der Waals surface area contributed by atoms with Crippen LogP contribution < -0.4 is 15.2 Å². The SMILES string of the molecule is CC(C)c1cc(F)cc(-c2ccnc(C#N)c2)c1NC(=O)N=[S@](N)(=O)c1cnn2c1OCCC2. The van der Waals surface area contributed by atoms with E-state index >= 15 is 0 Å². The number of fused-ring (bicyclic) bond motifs is 1. The van der Waals surface area contributed by atoms with Gasteiger partial charge < -0.3 is 10.1 Å². The molecule has 1 aliphatic heterocycles.